The van der Waals surface area contributed by atoms with Gasteiger partial charge in [0.15, 0.2) is 11.5 Å². The van der Waals surface area contributed by atoms with Crippen LogP contribution in [0.5, 0.6) is 11.5 Å². The number of carbonyl (C=O) groups excluding carboxylic acids is 2. The molecule has 1 aromatic rings. The molecule has 1 unspecified atom stereocenters. The van der Waals surface area contributed by atoms with Crippen molar-refractivity contribution < 1.29 is 23.8 Å². The van der Waals surface area contributed by atoms with Crippen molar-refractivity contribution >= 4 is 23.6 Å². The Bertz CT molecular complexity index is 792. The van der Waals surface area contributed by atoms with Gasteiger partial charge in [0.1, 0.15) is 0 Å². The summed E-state index contributed by atoms with van der Waals surface area (Å²) in [7, 11) is 0. The fourth-order valence-electron chi connectivity index (χ4n) is 3.13. The molecule has 0 fully saturated rings. The summed E-state index contributed by atoms with van der Waals surface area (Å²) >= 11 is 6.49. The standard InChI is InChI=1S/C21H29ClN2O5/c1-6-9-15-17(20(25)28-8-3)18(24-21(26)23-15)13-10-14(22)19(29-12(4)5)16(11-13)27-7-2/h10-12,18H,6-9H2,1-5H3,(H2,23,24,26). The monoisotopic (exact) mass is 424 g/mol. The van der Waals surface area contributed by atoms with Crippen LogP contribution in [0.2, 0.25) is 5.02 Å². The zero-order chi connectivity index (χ0) is 21.6. The molecule has 1 heterocycles. The van der Waals surface area contributed by atoms with Crippen LogP contribution in [0.15, 0.2) is 23.4 Å². The smallest absolute Gasteiger partial charge is 0.338 e. The highest BCUT2D eigenvalue weighted by molar-refractivity contribution is 6.32. The van der Waals surface area contributed by atoms with E-state index in [1.54, 1.807) is 19.1 Å². The van der Waals surface area contributed by atoms with Crippen molar-refractivity contribution in [2.24, 2.45) is 0 Å². The van der Waals surface area contributed by atoms with E-state index >= 15 is 0 Å². The molecular weight excluding hydrogens is 396 g/mol. The predicted molar refractivity (Wildman–Crippen MR) is 111 cm³/mol. The van der Waals surface area contributed by atoms with E-state index in [-0.39, 0.29) is 18.7 Å². The number of nitrogens with one attached hydrogen (secondary N) is 2. The molecule has 0 radical (unpaired) electrons. The van der Waals surface area contributed by atoms with E-state index in [2.05, 4.69) is 10.6 Å². The minimum atomic E-state index is -0.714. The number of urea groups is 1. The first-order valence-electron chi connectivity index (χ1n) is 9.92. The van der Waals surface area contributed by atoms with Crippen molar-refractivity contribution in [1.82, 2.24) is 10.6 Å². The molecule has 29 heavy (non-hydrogen) atoms. The molecule has 2 N–H and O–H groups in total. The summed E-state index contributed by atoms with van der Waals surface area (Å²) in [5.41, 5.74) is 1.53. The number of hydrogen-bond donors (Lipinski definition) is 2. The van der Waals surface area contributed by atoms with Crippen molar-refractivity contribution in [3.8, 4) is 11.5 Å². The molecule has 0 bridgehead atoms. The van der Waals surface area contributed by atoms with Crippen LogP contribution >= 0.6 is 11.6 Å². The molecule has 1 atom stereocenters. The number of hydrogen-bond acceptors (Lipinski definition) is 5. The Kier molecular flexibility index (Phi) is 8.20. The lowest BCUT2D eigenvalue weighted by Crippen LogP contribution is -2.46. The highest BCUT2D eigenvalue weighted by atomic mass is 35.5. The van der Waals surface area contributed by atoms with Gasteiger partial charge in [-0.25, -0.2) is 9.59 Å². The molecular formula is C21H29ClN2O5. The first-order valence-corrected chi connectivity index (χ1v) is 10.3. The van der Waals surface area contributed by atoms with E-state index in [1.165, 1.54) is 0 Å². The van der Waals surface area contributed by atoms with Gasteiger partial charge in [0, 0.05) is 5.70 Å². The third-order valence-corrected chi connectivity index (χ3v) is 4.45. The summed E-state index contributed by atoms with van der Waals surface area (Å²) in [4.78, 5) is 25.0. The van der Waals surface area contributed by atoms with Gasteiger partial charge in [0.25, 0.3) is 0 Å². The molecule has 0 aliphatic carbocycles. The van der Waals surface area contributed by atoms with Gasteiger partial charge in [-0.05, 0) is 51.8 Å². The Morgan fingerprint density at radius 2 is 1.93 bits per heavy atom. The molecule has 1 aliphatic rings. The van der Waals surface area contributed by atoms with E-state index in [0.717, 1.165) is 6.42 Å². The maximum atomic E-state index is 12.7. The van der Waals surface area contributed by atoms with Crippen LogP contribution in [0.25, 0.3) is 0 Å². The quantitative estimate of drug-likeness (QED) is 0.570. The van der Waals surface area contributed by atoms with Crippen molar-refractivity contribution in [3.63, 3.8) is 0 Å². The maximum Gasteiger partial charge on any atom is 0.338 e. The fraction of sp³-hybridized carbons (Fsp3) is 0.524. The van der Waals surface area contributed by atoms with Gasteiger partial charge in [-0.3, -0.25) is 0 Å². The second-order valence-electron chi connectivity index (χ2n) is 6.82. The maximum absolute atomic E-state index is 12.7. The number of allylic oxidation sites excluding steroid dienone is 1. The molecule has 7 nitrogen and oxygen atoms in total. The number of halogens is 1. The van der Waals surface area contributed by atoms with E-state index < -0.39 is 12.0 Å². The van der Waals surface area contributed by atoms with Crippen molar-refractivity contribution in [2.75, 3.05) is 13.2 Å². The highest BCUT2D eigenvalue weighted by Gasteiger charge is 2.34. The van der Waals surface area contributed by atoms with E-state index in [0.29, 0.717) is 46.4 Å². The lowest BCUT2D eigenvalue weighted by atomic mass is 9.93. The van der Waals surface area contributed by atoms with Crippen molar-refractivity contribution in [2.45, 2.75) is 59.6 Å². The van der Waals surface area contributed by atoms with Crippen LogP contribution in [0.3, 0.4) is 0 Å². The SMILES string of the molecule is CCCC1=C(C(=O)OCC)C(c2cc(Cl)c(OC(C)C)c(OCC)c2)NC(=O)N1. The van der Waals surface area contributed by atoms with Gasteiger partial charge < -0.3 is 24.8 Å². The first kappa shape index (κ1) is 22.9. The zero-order valence-electron chi connectivity index (χ0n) is 17.6. The normalized spacial score (nSPS) is 16.4. The Labute approximate surface area is 176 Å². The van der Waals surface area contributed by atoms with Crippen molar-refractivity contribution in [1.29, 1.82) is 0 Å². The molecule has 0 saturated heterocycles. The van der Waals surface area contributed by atoms with Crippen molar-refractivity contribution in [3.05, 3.63) is 34.0 Å². The molecule has 160 valence electrons. The van der Waals surface area contributed by atoms with Gasteiger partial charge in [0.05, 0.1) is 36.0 Å². The topological polar surface area (TPSA) is 85.9 Å². The number of esters is 1. The summed E-state index contributed by atoms with van der Waals surface area (Å²) in [5.74, 6) is 0.407. The Hall–Kier alpha value is -2.41. The zero-order valence-corrected chi connectivity index (χ0v) is 18.3. The van der Waals surface area contributed by atoms with Gasteiger partial charge in [0.2, 0.25) is 0 Å². The van der Waals surface area contributed by atoms with Crippen LogP contribution in [-0.4, -0.2) is 31.3 Å². The molecule has 8 heteroatoms. The molecule has 0 saturated carbocycles. The van der Waals surface area contributed by atoms with Crippen LogP contribution < -0.4 is 20.1 Å². The number of amides is 2. The average Bonchev–Trinajstić information content (AvgIpc) is 2.64. The summed E-state index contributed by atoms with van der Waals surface area (Å²) in [6.45, 7) is 10.0. The molecule has 2 rings (SSSR count). The number of ether oxygens (including phenoxy) is 3. The largest absolute Gasteiger partial charge is 0.490 e. The Balaban J connectivity index is 2.60. The number of rotatable bonds is 9. The Morgan fingerprint density at radius 1 is 1.21 bits per heavy atom. The van der Waals surface area contributed by atoms with Gasteiger partial charge in [-0.15, -0.1) is 0 Å². The van der Waals surface area contributed by atoms with Crippen LogP contribution in [0.4, 0.5) is 4.79 Å². The second kappa shape index (κ2) is 10.4. The molecule has 0 aromatic heterocycles. The minimum Gasteiger partial charge on any atom is -0.490 e. The summed E-state index contributed by atoms with van der Waals surface area (Å²) in [6, 6.07) is 2.32. The van der Waals surface area contributed by atoms with Crippen LogP contribution in [0.1, 0.15) is 59.1 Å². The second-order valence-corrected chi connectivity index (χ2v) is 7.23. The summed E-state index contributed by atoms with van der Waals surface area (Å²) in [5, 5.41) is 5.88. The molecule has 2 amide bonds. The first-order chi connectivity index (χ1) is 13.8. The molecule has 1 aromatic carbocycles. The third-order valence-electron chi connectivity index (χ3n) is 4.17. The van der Waals surface area contributed by atoms with Crippen LogP contribution in [-0.2, 0) is 9.53 Å². The summed E-state index contributed by atoms with van der Waals surface area (Å²) < 4.78 is 16.8. The lowest BCUT2D eigenvalue weighted by Gasteiger charge is -2.30. The van der Waals surface area contributed by atoms with Gasteiger partial charge in [-0.2, -0.15) is 0 Å². The summed E-state index contributed by atoms with van der Waals surface area (Å²) in [6.07, 6.45) is 1.21. The number of carbonyl (C=O) groups is 2. The van der Waals surface area contributed by atoms with E-state index in [9.17, 15) is 9.59 Å². The van der Waals surface area contributed by atoms with E-state index in [1.807, 2.05) is 27.7 Å². The predicted octanol–water partition coefficient (Wildman–Crippen LogP) is 4.50. The fourth-order valence-corrected chi connectivity index (χ4v) is 3.40. The third kappa shape index (κ3) is 5.56. The number of benzene rings is 1. The Morgan fingerprint density at radius 3 is 2.52 bits per heavy atom. The molecule has 0 spiro atoms. The van der Waals surface area contributed by atoms with Gasteiger partial charge >= 0.3 is 12.0 Å². The van der Waals surface area contributed by atoms with E-state index in [4.69, 9.17) is 25.8 Å². The van der Waals surface area contributed by atoms with Gasteiger partial charge in [-0.1, -0.05) is 24.9 Å². The lowest BCUT2D eigenvalue weighted by molar-refractivity contribution is -0.139. The van der Waals surface area contributed by atoms with Crippen LogP contribution in [0, 0.1) is 0 Å². The molecule has 1 aliphatic heterocycles. The minimum absolute atomic E-state index is 0.0951. The highest BCUT2D eigenvalue weighted by Crippen LogP contribution is 2.41. The average molecular weight is 425 g/mol.